The third kappa shape index (κ3) is 3.02. The fourth-order valence-corrected chi connectivity index (χ4v) is 2.08. The largest absolute Gasteiger partial charge is 0.361 e. The van der Waals surface area contributed by atoms with Gasteiger partial charge in [0.15, 0.2) is 6.10 Å². The highest BCUT2D eigenvalue weighted by Crippen LogP contribution is 1.96. The van der Waals surface area contributed by atoms with Crippen molar-refractivity contribution in [2.75, 3.05) is 26.2 Å². The van der Waals surface area contributed by atoms with E-state index < -0.39 is 0 Å². The van der Waals surface area contributed by atoms with Gasteiger partial charge in [0.2, 0.25) is 0 Å². The normalized spacial score (nSPS) is 26.5. The first-order valence-corrected chi connectivity index (χ1v) is 5.67. The average Bonchev–Trinajstić information content (AvgIpc) is 2.31. The molecule has 0 saturated carbocycles. The van der Waals surface area contributed by atoms with Gasteiger partial charge in [-0.05, 0) is 0 Å². The van der Waals surface area contributed by atoms with Crippen molar-refractivity contribution in [3.05, 3.63) is 35.9 Å². The molecular weight excluding hydrogens is 188 g/mol. The van der Waals surface area contributed by atoms with Crippen molar-refractivity contribution in [1.82, 2.24) is 0 Å². The Morgan fingerprint density at radius 2 is 2.13 bits per heavy atom. The summed E-state index contributed by atoms with van der Waals surface area (Å²) in [4.78, 5) is 1.61. The van der Waals surface area contributed by atoms with Crippen LogP contribution in [0.2, 0.25) is 0 Å². The fourth-order valence-electron chi connectivity index (χ4n) is 2.08. The van der Waals surface area contributed by atoms with Crippen LogP contribution >= 0.6 is 0 Å². The van der Waals surface area contributed by atoms with E-state index in [9.17, 15) is 0 Å². The van der Waals surface area contributed by atoms with Crippen molar-refractivity contribution in [3.63, 3.8) is 0 Å². The summed E-state index contributed by atoms with van der Waals surface area (Å²) in [5, 5.41) is 0. The Morgan fingerprint density at radius 1 is 1.33 bits per heavy atom. The second-order valence-corrected chi connectivity index (χ2v) is 4.15. The number of quaternary nitrogens is 2. The molecule has 15 heavy (non-hydrogen) atoms. The maximum atomic E-state index is 5.61. The van der Waals surface area contributed by atoms with E-state index >= 15 is 0 Å². The van der Waals surface area contributed by atoms with Gasteiger partial charge < -0.3 is 15.4 Å². The van der Waals surface area contributed by atoms with Crippen LogP contribution in [0.3, 0.4) is 0 Å². The van der Waals surface area contributed by atoms with E-state index in [0.717, 1.165) is 32.8 Å². The molecule has 1 aliphatic heterocycles. The van der Waals surface area contributed by atoms with Crippen LogP contribution in [-0.4, -0.2) is 32.3 Å². The van der Waals surface area contributed by atoms with E-state index in [4.69, 9.17) is 4.74 Å². The first-order chi connectivity index (χ1) is 7.38. The molecule has 0 bridgehead atoms. The Hall–Kier alpha value is -0.900. The summed E-state index contributed by atoms with van der Waals surface area (Å²) in [6.07, 6.45) is 0.359. The number of rotatable bonds is 3. The van der Waals surface area contributed by atoms with Crippen LogP contribution in [0.25, 0.3) is 0 Å². The van der Waals surface area contributed by atoms with Gasteiger partial charge in [0, 0.05) is 5.56 Å². The SMILES string of the molecule is [NH3+]C[C@@H]1C[NH+](Cc2ccccc2)CCO1. The van der Waals surface area contributed by atoms with Gasteiger partial charge in [0.25, 0.3) is 0 Å². The number of benzene rings is 1. The fraction of sp³-hybridized carbons (Fsp3) is 0.500. The molecule has 2 rings (SSSR count). The Balaban J connectivity index is 1.89. The van der Waals surface area contributed by atoms with Gasteiger partial charge in [-0.15, -0.1) is 0 Å². The minimum Gasteiger partial charge on any atom is -0.361 e. The molecule has 0 amide bonds. The lowest BCUT2D eigenvalue weighted by atomic mass is 10.2. The van der Waals surface area contributed by atoms with Crippen LogP contribution in [0.15, 0.2) is 30.3 Å². The molecular formula is C12H20N2O+2. The molecule has 1 fully saturated rings. The molecule has 4 N–H and O–H groups in total. The van der Waals surface area contributed by atoms with E-state index in [1.807, 2.05) is 0 Å². The van der Waals surface area contributed by atoms with Crippen molar-refractivity contribution in [3.8, 4) is 0 Å². The van der Waals surface area contributed by atoms with Gasteiger partial charge in [-0.1, -0.05) is 30.3 Å². The van der Waals surface area contributed by atoms with Crippen molar-refractivity contribution in [2.24, 2.45) is 0 Å². The second kappa shape index (κ2) is 5.26. The summed E-state index contributed by atoms with van der Waals surface area (Å²) in [5.41, 5.74) is 5.33. The lowest BCUT2D eigenvalue weighted by Crippen LogP contribution is -3.14. The van der Waals surface area contributed by atoms with Crippen LogP contribution in [-0.2, 0) is 11.3 Å². The van der Waals surface area contributed by atoms with Crippen molar-refractivity contribution in [2.45, 2.75) is 12.6 Å². The maximum Gasteiger partial charge on any atom is 0.155 e. The predicted molar refractivity (Wildman–Crippen MR) is 58.3 cm³/mol. The topological polar surface area (TPSA) is 41.3 Å². The summed E-state index contributed by atoms with van der Waals surface area (Å²) in [6.45, 7) is 5.09. The molecule has 1 unspecified atom stereocenters. The van der Waals surface area contributed by atoms with Crippen LogP contribution in [0.4, 0.5) is 0 Å². The summed E-state index contributed by atoms with van der Waals surface area (Å²) >= 11 is 0. The van der Waals surface area contributed by atoms with Crippen molar-refractivity contribution < 1.29 is 15.4 Å². The monoisotopic (exact) mass is 208 g/mol. The number of ether oxygens (including phenoxy) is 1. The Morgan fingerprint density at radius 3 is 2.87 bits per heavy atom. The first-order valence-electron chi connectivity index (χ1n) is 5.67. The minimum absolute atomic E-state index is 0.359. The molecule has 3 nitrogen and oxygen atoms in total. The van der Waals surface area contributed by atoms with Crippen molar-refractivity contribution >= 4 is 0 Å². The number of nitrogens with one attached hydrogen (secondary N) is 1. The van der Waals surface area contributed by atoms with Gasteiger partial charge >= 0.3 is 0 Å². The Kier molecular flexibility index (Phi) is 3.72. The van der Waals surface area contributed by atoms with E-state index in [0.29, 0.717) is 6.10 Å². The average molecular weight is 208 g/mol. The van der Waals surface area contributed by atoms with Gasteiger partial charge in [0.05, 0.1) is 6.61 Å². The van der Waals surface area contributed by atoms with E-state index in [1.54, 1.807) is 4.90 Å². The van der Waals surface area contributed by atoms with Crippen LogP contribution in [0.1, 0.15) is 5.56 Å². The summed E-state index contributed by atoms with van der Waals surface area (Å²) in [7, 11) is 0. The van der Waals surface area contributed by atoms with Gasteiger partial charge in [0.1, 0.15) is 26.2 Å². The highest BCUT2D eigenvalue weighted by atomic mass is 16.5. The molecule has 1 aromatic carbocycles. The van der Waals surface area contributed by atoms with E-state index in [1.165, 1.54) is 5.56 Å². The number of hydrogen-bond acceptors (Lipinski definition) is 1. The van der Waals surface area contributed by atoms with E-state index in [2.05, 4.69) is 36.1 Å². The second-order valence-electron chi connectivity index (χ2n) is 4.15. The molecule has 1 aliphatic rings. The molecule has 0 spiro atoms. The minimum atomic E-state index is 0.359. The third-order valence-corrected chi connectivity index (χ3v) is 2.94. The Bertz CT molecular complexity index is 289. The standard InChI is InChI=1S/C12H18N2O/c13-8-12-10-14(6-7-15-12)9-11-4-2-1-3-5-11/h1-5,12H,6-10,13H2/p+2/t12-/m1/s1. The lowest BCUT2D eigenvalue weighted by molar-refractivity contribution is -0.926. The highest BCUT2D eigenvalue weighted by Gasteiger charge is 2.23. The smallest absolute Gasteiger partial charge is 0.155 e. The van der Waals surface area contributed by atoms with Crippen LogP contribution in [0, 0.1) is 0 Å². The van der Waals surface area contributed by atoms with Crippen LogP contribution < -0.4 is 10.6 Å². The lowest BCUT2D eigenvalue weighted by Gasteiger charge is -2.28. The number of hydrogen-bond donors (Lipinski definition) is 2. The maximum absolute atomic E-state index is 5.61. The molecule has 0 aliphatic carbocycles. The molecule has 82 valence electrons. The van der Waals surface area contributed by atoms with Crippen LogP contribution in [0.5, 0.6) is 0 Å². The van der Waals surface area contributed by atoms with Gasteiger partial charge in [-0.2, -0.15) is 0 Å². The summed E-state index contributed by atoms with van der Waals surface area (Å²) in [5.74, 6) is 0. The zero-order chi connectivity index (χ0) is 10.5. The zero-order valence-electron chi connectivity index (χ0n) is 9.11. The zero-order valence-corrected chi connectivity index (χ0v) is 9.11. The molecule has 3 heteroatoms. The molecule has 1 aromatic rings. The molecule has 0 radical (unpaired) electrons. The van der Waals surface area contributed by atoms with Gasteiger partial charge in [-0.25, -0.2) is 0 Å². The Labute approximate surface area is 90.8 Å². The molecule has 2 atom stereocenters. The summed E-state index contributed by atoms with van der Waals surface area (Å²) < 4.78 is 5.61. The quantitative estimate of drug-likeness (QED) is 0.638. The highest BCUT2D eigenvalue weighted by molar-refractivity contribution is 5.13. The summed E-state index contributed by atoms with van der Waals surface area (Å²) in [6, 6.07) is 10.7. The van der Waals surface area contributed by atoms with Crippen molar-refractivity contribution in [1.29, 1.82) is 0 Å². The van der Waals surface area contributed by atoms with E-state index in [-0.39, 0.29) is 0 Å². The third-order valence-electron chi connectivity index (χ3n) is 2.94. The van der Waals surface area contributed by atoms with Gasteiger partial charge in [-0.3, -0.25) is 0 Å². The molecule has 1 heterocycles. The first kappa shape index (κ1) is 10.6. The molecule has 1 saturated heterocycles. The molecule has 0 aromatic heterocycles. The predicted octanol–water partition coefficient (Wildman–Crippen LogP) is -1.29. The number of morpholine rings is 1.